The Bertz CT molecular complexity index is 506. The standard InChI is InChI=1S/C15H26N4O2S/c1-10(19-5-6-21-9-11(19)2)7-16-15(20)17-8-14-12(3)18-13(4)22-14/h10-11H,5-9H2,1-4H3,(H2,16,17,20)/t10-,11-/m0/s1. The summed E-state index contributed by atoms with van der Waals surface area (Å²) in [6.07, 6.45) is 0. The number of urea groups is 1. The minimum Gasteiger partial charge on any atom is -0.379 e. The number of hydrogen-bond acceptors (Lipinski definition) is 5. The Morgan fingerprint density at radius 2 is 2.27 bits per heavy atom. The Kier molecular flexibility index (Phi) is 6.16. The Morgan fingerprint density at radius 1 is 1.50 bits per heavy atom. The zero-order valence-electron chi connectivity index (χ0n) is 13.8. The Balaban J connectivity index is 1.72. The van der Waals surface area contributed by atoms with E-state index < -0.39 is 0 Å². The van der Waals surface area contributed by atoms with Crippen molar-refractivity contribution in [3.8, 4) is 0 Å². The van der Waals surface area contributed by atoms with Crippen molar-refractivity contribution in [3.63, 3.8) is 0 Å². The minimum absolute atomic E-state index is 0.127. The van der Waals surface area contributed by atoms with Crippen LogP contribution in [0.15, 0.2) is 0 Å². The van der Waals surface area contributed by atoms with E-state index in [1.54, 1.807) is 11.3 Å². The molecule has 2 rings (SSSR count). The number of morpholine rings is 1. The second kappa shape index (κ2) is 7.89. The summed E-state index contributed by atoms with van der Waals surface area (Å²) in [5.74, 6) is 0. The molecule has 2 amide bonds. The summed E-state index contributed by atoms with van der Waals surface area (Å²) in [6, 6.07) is 0.576. The van der Waals surface area contributed by atoms with Crippen LogP contribution < -0.4 is 10.6 Å². The van der Waals surface area contributed by atoms with Crippen LogP contribution in [0.25, 0.3) is 0 Å². The van der Waals surface area contributed by atoms with Crippen molar-refractivity contribution in [2.45, 2.75) is 46.3 Å². The van der Waals surface area contributed by atoms with Gasteiger partial charge in [0.15, 0.2) is 0 Å². The molecule has 6 nitrogen and oxygen atoms in total. The van der Waals surface area contributed by atoms with E-state index in [1.807, 2.05) is 13.8 Å². The maximum absolute atomic E-state index is 11.9. The number of nitrogens with one attached hydrogen (secondary N) is 2. The van der Waals surface area contributed by atoms with E-state index in [-0.39, 0.29) is 6.03 Å². The molecule has 0 unspecified atom stereocenters. The third-order valence-electron chi connectivity index (χ3n) is 3.95. The van der Waals surface area contributed by atoms with Crippen LogP contribution in [0.5, 0.6) is 0 Å². The molecule has 2 N–H and O–H groups in total. The first kappa shape index (κ1) is 17.2. The molecule has 7 heteroatoms. The predicted molar refractivity (Wildman–Crippen MR) is 88.3 cm³/mol. The molecule has 1 aliphatic rings. The minimum atomic E-state index is -0.127. The molecule has 0 saturated carbocycles. The molecule has 124 valence electrons. The largest absolute Gasteiger partial charge is 0.379 e. The van der Waals surface area contributed by atoms with Gasteiger partial charge in [-0.3, -0.25) is 4.90 Å². The number of amides is 2. The fraction of sp³-hybridized carbons (Fsp3) is 0.733. The summed E-state index contributed by atoms with van der Waals surface area (Å²) in [7, 11) is 0. The fourth-order valence-electron chi connectivity index (χ4n) is 2.71. The van der Waals surface area contributed by atoms with Gasteiger partial charge in [0.2, 0.25) is 0 Å². The Labute approximate surface area is 136 Å². The number of aryl methyl sites for hydroxylation is 2. The van der Waals surface area contributed by atoms with Crippen molar-refractivity contribution < 1.29 is 9.53 Å². The Hall–Kier alpha value is -1.18. The van der Waals surface area contributed by atoms with Crippen LogP contribution in [0.3, 0.4) is 0 Å². The highest BCUT2D eigenvalue weighted by Crippen LogP contribution is 2.16. The smallest absolute Gasteiger partial charge is 0.315 e. The van der Waals surface area contributed by atoms with Crippen LogP contribution in [-0.2, 0) is 11.3 Å². The molecule has 22 heavy (non-hydrogen) atoms. The molecule has 1 aromatic rings. The van der Waals surface area contributed by atoms with Gasteiger partial charge >= 0.3 is 6.03 Å². The summed E-state index contributed by atoms with van der Waals surface area (Å²) >= 11 is 1.63. The lowest BCUT2D eigenvalue weighted by molar-refractivity contribution is -0.0176. The van der Waals surface area contributed by atoms with Crippen LogP contribution in [0, 0.1) is 13.8 Å². The quantitative estimate of drug-likeness (QED) is 0.864. The first-order valence-electron chi connectivity index (χ1n) is 7.75. The molecule has 0 radical (unpaired) electrons. The van der Waals surface area contributed by atoms with Gasteiger partial charge in [0.1, 0.15) is 0 Å². The van der Waals surface area contributed by atoms with E-state index in [4.69, 9.17) is 4.74 Å². The van der Waals surface area contributed by atoms with Gasteiger partial charge in [-0.15, -0.1) is 11.3 Å². The number of thiazole rings is 1. The molecule has 1 aliphatic heterocycles. The van der Waals surface area contributed by atoms with Gasteiger partial charge in [-0.1, -0.05) is 0 Å². The number of carbonyl (C=O) groups excluding carboxylic acids is 1. The lowest BCUT2D eigenvalue weighted by Gasteiger charge is -2.37. The normalized spacial score (nSPS) is 20.6. The zero-order valence-corrected chi connectivity index (χ0v) is 14.6. The molecule has 1 aromatic heterocycles. The van der Waals surface area contributed by atoms with Gasteiger partial charge in [-0.25, -0.2) is 9.78 Å². The SMILES string of the molecule is Cc1nc(C)c(CNC(=O)NC[C@H](C)N2CCOC[C@@H]2C)s1. The zero-order chi connectivity index (χ0) is 16.1. The number of hydrogen-bond donors (Lipinski definition) is 2. The van der Waals surface area contributed by atoms with Crippen LogP contribution >= 0.6 is 11.3 Å². The maximum atomic E-state index is 11.9. The first-order valence-corrected chi connectivity index (χ1v) is 8.57. The molecule has 0 spiro atoms. The van der Waals surface area contributed by atoms with Gasteiger partial charge in [-0.05, 0) is 27.7 Å². The van der Waals surface area contributed by atoms with E-state index in [2.05, 4.69) is 34.4 Å². The van der Waals surface area contributed by atoms with Gasteiger partial charge in [0.25, 0.3) is 0 Å². The van der Waals surface area contributed by atoms with Gasteiger partial charge in [-0.2, -0.15) is 0 Å². The number of carbonyl (C=O) groups is 1. The van der Waals surface area contributed by atoms with E-state index >= 15 is 0 Å². The Morgan fingerprint density at radius 3 is 2.91 bits per heavy atom. The number of ether oxygens (including phenoxy) is 1. The summed E-state index contributed by atoms with van der Waals surface area (Å²) in [6.45, 7) is 11.9. The molecular weight excluding hydrogens is 300 g/mol. The summed E-state index contributed by atoms with van der Waals surface area (Å²) < 4.78 is 5.44. The average Bonchev–Trinajstić information content (AvgIpc) is 2.81. The van der Waals surface area contributed by atoms with Crippen molar-refractivity contribution in [1.82, 2.24) is 20.5 Å². The first-order chi connectivity index (χ1) is 10.5. The molecule has 1 saturated heterocycles. The number of rotatable bonds is 5. The number of nitrogens with zero attached hydrogens (tertiary/aromatic N) is 2. The molecule has 0 aromatic carbocycles. The van der Waals surface area contributed by atoms with E-state index in [1.165, 1.54) is 0 Å². The van der Waals surface area contributed by atoms with Crippen molar-refractivity contribution in [1.29, 1.82) is 0 Å². The van der Waals surface area contributed by atoms with Crippen LogP contribution in [0.2, 0.25) is 0 Å². The van der Waals surface area contributed by atoms with Gasteiger partial charge < -0.3 is 15.4 Å². The van der Waals surface area contributed by atoms with Gasteiger partial charge in [0, 0.05) is 30.1 Å². The third kappa shape index (κ3) is 4.66. The highest BCUT2D eigenvalue weighted by atomic mass is 32.1. The average molecular weight is 326 g/mol. The topological polar surface area (TPSA) is 66.5 Å². The third-order valence-corrected chi connectivity index (χ3v) is 5.03. The summed E-state index contributed by atoms with van der Waals surface area (Å²) in [5.41, 5.74) is 0.998. The highest BCUT2D eigenvalue weighted by molar-refractivity contribution is 7.11. The van der Waals surface area contributed by atoms with E-state index in [0.29, 0.717) is 25.2 Å². The maximum Gasteiger partial charge on any atom is 0.315 e. The second-order valence-electron chi connectivity index (χ2n) is 5.82. The van der Waals surface area contributed by atoms with Crippen molar-refractivity contribution in [2.75, 3.05) is 26.3 Å². The predicted octanol–water partition coefficient (Wildman–Crippen LogP) is 1.67. The molecule has 1 fully saturated rings. The van der Waals surface area contributed by atoms with Crippen molar-refractivity contribution in [3.05, 3.63) is 15.6 Å². The second-order valence-corrected chi connectivity index (χ2v) is 7.10. The van der Waals surface area contributed by atoms with Crippen LogP contribution in [0.4, 0.5) is 4.79 Å². The van der Waals surface area contributed by atoms with Crippen molar-refractivity contribution in [2.24, 2.45) is 0 Å². The molecule has 0 aliphatic carbocycles. The molecule has 0 bridgehead atoms. The number of aromatic nitrogens is 1. The van der Waals surface area contributed by atoms with Crippen LogP contribution in [-0.4, -0.2) is 54.3 Å². The molecular formula is C15H26N4O2S. The summed E-state index contributed by atoms with van der Waals surface area (Å²) in [4.78, 5) is 19.8. The van der Waals surface area contributed by atoms with E-state index in [9.17, 15) is 4.79 Å². The lowest BCUT2D eigenvalue weighted by Crippen LogP contribution is -2.52. The lowest BCUT2D eigenvalue weighted by atomic mass is 10.2. The highest BCUT2D eigenvalue weighted by Gasteiger charge is 2.23. The van der Waals surface area contributed by atoms with Crippen molar-refractivity contribution >= 4 is 17.4 Å². The fourth-order valence-corrected chi connectivity index (χ4v) is 3.59. The molecule has 2 heterocycles. The van der Waals surface area contributed by atoms with E-state index in [0.717, 1.165) is 35.3 Å². The summed E-state index contributed by atoms with van der Waals surface area (Å²) in [5, 5.41) is 6.88. The molecule has 2 atom stereocenters. The van der Waals surface area contributed by atoms with Gasteiger partial charge in [0.05, 0.1) is 30.5 Å². The van der Waals surface area contributed by atoms with Crippen LogP contribution in [0.1, 0.15) is 29.4 Å². The monoisotopic (exact) mass is 326 g/mol.